The summed E-state index contributed by atoms with van der Waals surface area (Å²) >= 11 is 5.96. The minimum Gasteiger partial charge on any atom is -0.483 e. The van der Waals surface area contributed by atoms with Gasteiger partial charge in [-0.15, -0.1) is 0 Å². The largest absolute Gasteiger partial charge is 0.483 e. The molecular weight excluding hydrogens is 342 g/mol. The number of carbonyl (C=O) groups excluding carboxylic acids is 2. The predicted molar refractivity (Wildman–Crippen MR) is 97.4 cm³/mol. The van der Waals surface area contributed by atoms with Gasteiger partial charge in [-0.05, 0) is 44.2 Å². The van der Waals surface area contributed by atoms with Crippen LogP contribution in [0.2, 0.25) is 5.02 Å². The van der Waals surface area contributed by atoms with Crippen LogP contribution < -0.4 is 9.64 Å². The monoisotopic (exact) mass is 361 g/mol. The van der Waals surface area contributed by atoms with Crippen molar-refractivity contribution in [2.75, 3.05) is 18.6 Å². The van der Waals surface area contributed by atoms with Gasteiger partial charge in [0, 0.05) is 16.8 Å². The molecule has 0 heterocycles. The number of esters is 1. The van der Waals surface area contributed by atoms with Gasteiger partial charge in [-0.2, -0.15) is 0 Å². The third-order valence-corrected chi connectivity index (χ3v) is 3.75. The van der Waals surface area contributed by atoms with Crippen LogP contribution >= 0.6 is 11.6 Å². The lowest BCUT2D eigenvalue weighted by atomic mass is 10.2. The first-order valence-corrected chi connectivity index (χ1v) is 8.19. The number of ether oxygens (including phenoxy) is 2. The molecule has 0 unspecified atom stereocenters. The van der Waals surface area contributed by atoms with Crippen molar-refractivity contribution in [1.29, 1.82) is 0 Å². The van der Waals surface area contributed by atoms with Crippen molar-refractivity contribution >= 4 is 29.2 Å². The lowest BCUT2D eigenvalue weighted by molar-refractivity contribution is -0.120. The summed E-state index contributed by atoms with van der Waals surface area (Å²) in [7, 11) is 1.28. The van der Waals surface area contributed by atoms with Crippen LogP contribution in [0, 0.1) is 0 Å². The third-order valence-electron chi connectivity index (χ3n) is 3.52. The highest BCUT2D eigenvalue weighted by Crippen LogP contribution is 2.25. The second kappa shape index (κ2) is 8.53. The van der Waals surface area contributed by atoms with Gasteiger partial charge in [0.05, 0.1) is 7.11 Å². The van der Waals surface area contributed by atoms with Gasteiger partial charge in [0.2, 0.25) is 0 Å². The van der Waals surface area contributed by atoms with Gasteiger partial charge in [0.1, 0.15) is 11.3 Å². The highest BCUT2D eigenvalue weighted by Gasteiger charge is 2.21. The van der Waals surface area contributed by atoms with E-state index in [1.807, 2.05) is 44.2 Å². The van der Waals surface area contributed by atoms with Crippen molar-refractivity contribution in [1.82, 2.24) is 0 Å². The van der Waals surface area contributed by atoms with Gasteiger partial charge in [0.15, 0.2) is 6.61 Å². The third kappa shape index (κ3) is 4.73. The summed E-state index contributed by atoms with van der Waals surface area (Å²) in [5, 5.41) is 0.402. The molecule has 5 nitrogen and oxygen atoms in total. The Labute approximate surface area is 152 Å². The number of para-hydroxylation sites is 1. The first-order valence-electron chi connectivity index (χ1n) is 7.81. The van der Waals surface area contributed by atoms with Gasteiger partial charge in [-0.25, -0.2) is 4.79 Å². The number of nitrogens with zero attached hydrogens (tertiary/aromatic N) is 1. The molecule has 2 aromatic carbocycles. The number of amides is 1. The fourth-order valence-electron chi connectivity index (χ4n) is 2.42. The number of benzene rings is 2. The molecule has 0 aliphatic rings. The number of halogens is 1. The van der Waals surface area contributed by atoms with E-state index in [2.05, 4.69) is 0 Å². The number of rotatable bonds is 6. The van der Waals surface area contributed by atoms with Crippen molar-refractivity contribution in [2.24, 2.45) is 0 Å². The number of carbonyl (C=O) groups is 2. The molecule has 0 fully saturated rings. The average Bonchev–Trinajstić information content (AvgIpc) is 2.60. The van der Waals surface area contributed by atoms with Crippen molar-refractivity contribution in [3.8, 4) is 5.75 Å². The average molecular weight is 362 g/mol. The zero-order valence-electron chi connectivity index (χ0n) is 14.4. The molecule has 0 saturated heterocycles. The van der Waals surface area contributed by atoms with Gasteiger partial charge in [0.25, 0.3) is 5.91 Å². The molecule has 0 atom stereocenters. The van der Waals surface area contributed by atoms with Crippen LogP contribution in [-0.4, -0.2) is 31.6 Å². The Kier molecular flexibility index (Phi) is 6.42. The van der Waals surface area contributed by atoms with Crippen LogP contribution in [0.4, 0.5) is 5.69 Å². The van der Waals surface area contributed by atoms with E-state index in [1.165, 1.54) is 19.2 Å². The Bertz CT molecular complexity index is 746. The summed E-state index contributed by atoms with van der Waals surface area (Å²) in [4.78, 5) is 26.1. The first kappa shape index (κ1) is 18.8. The van der Waals surface area contributed by atoms with Gasteiger partial charge < -0.3 is 14.4 Å². The lowest BCUT2D eigenvalue weighted by Crippen LogP contribution is -2.40. The van der Waals surface area contributed by atoms with Crippen LogP contribution in [-0.2, 0) is 9.53 Å². The van der Waals surface area contributed by atoms with E-state index in [-0.39, 0.29) is 29.9 Å². The maximum absolute atomic E-state index is 12.6. The molecule has 0 N–H and O–H groups in total. The Hall–Kier alpha value is -2.53. The quantitative estimate of drug-likeness (QED) is 0.731. The molecule has 2 aromatic rings. The van der Waals surface area contributed by atoms with E-state index < -0.39 is 5.97 Å². The number of methoxy groups -OCH3 is 1. The Morgan fingerprint density at radius 2 is 1.80 bits per heavy atom. The summed E-state index contributed by atoms with van der Waals surface area (Å²) in [6.07, 6.45) is 0. The number of hydrogen-bond acceptors (Lipinski definition) is 4. The topological polar surface area (TPSA) is 55.8 Å². The maximum Gasteiger partial charge on any atom is 0.341 e. The van der Waals surface area contributed by atoms with Gasteiger partial charge in [-0.1, -0.05) is 29.8 Å². The van der Waals surface area contributed by atoms with Crippen LogP contribution in [0.15, 0.2) is 48.5 Å². The minimum absolute atomic E-state index is 0.0436. The van der Waals surface area contributed by atoms with E-state index in [0.717, 1.165) is 5.69 Å². The molecule has 25 heavy (non-hydrogen) atoms. The minimum atomic E-state index is -0.553. The Balaban J connectivity index is 2.18. The zero-order chi connectivity index (χ0) is 18.4. The van der Waals surface area contributed by atoms with Crippen molar-refractivity contribution in [3.63, 3.8) is 0 Å². The summed E-state index contributed by atoms with van der Waals surface area (Å²) < 4.78 is 10.3. The summed E-state index contributed by atoms with van der Waals surface area (Å²) in [6, 6.07) is 13.8. The van der Waals surface area contributed by atoms with Crippen molar-refractivity contribution in [2.45, 2.75) is 19.9 Å². The highest BCUT2D eigenvalue weighted by molar-refractivity contribution is 6.30. The molecule has 132 valence electrons. The molecule has 0 spiro atoms. The van der Waals surface area contributed by atoms with Gasteiger partial charge in [-0.3, -0.25) is 4.79 Å². The molecule has 0 aromatic heterocycles. The van der Waals surface area contributed by atoms with Crippen LogP contribution in [0.25, 0.3) is 0 Å². The van der Waals surface area contributed by atoms with E-state index >= 15 is 0 Å². The molecule has 6 heteroatoms. The predicted octanol–water partition coefficient (Wildman–Crippen LogP) is 3.95. The Morgan fingerprint density at radius 1 is 1.12 bits per heavy atom. The maximum atomic E-state index is 12.6. The number of anilines is 1. The van der Waals surface area contributed by atoms with Crippen LogP contribution in [0.3, 0.4) is 0 Å². The molecule has 0 aliphatic carbocycles. The number of hydrogen-bond donors (Lipinski definition) is 0. The highest BCUT2D eigenvalue weighted by atomic mass is 35.5. The summed E-state index contributed by atoms with van der Waals surface area (Å²) in [6.45, 7) is 3.62. The SMILES string of the molecule is COC(=O)c1ccc(Cl)cc1OCC(=O)N(c1ccccc1)C(C)C. The van der Waals surface area contributed by atoms with Crippen molar-refractivity contribution in [3.05, 3.63) is 59.1 Å². The summed E-state index contributed by atoms with van der Waals surface area (Å²) in [5.74, 6) is -0.565. The van der Waals surface area contributed by atoms with E-state index in [4.69, 9.17) is 21.1 Å². The van der Waals surface area contributed by atoms with Crippen LogP contribution in [0.1, 0.15) is 24.2 Å². The smallest absolute Gasteiger partial charge is 0.341 e. The molecule has 2 rings (SSSR count). The Morgan fingerprint density at radius 3 is 2.40 bits per heavy atom. The standard InChI is InChI=1S/C19H20ClNO4/c1-13(2)21(15-7-5-4-6-8-15)18(22)12-25-17-11-14(20)9-10-16(17)19(23)24-3/h4-11,13H,12H2,1-3H3. The normalized spacial score (nSPS) is 10.4. The molecule has 0 radical (unpaired) electrons. The molecule has 0 aliphatic heterocycles. The molecule has 0 bridgehead atoms. The fraction of sp³-hybridized carbons (Fsp3) is 0.263. The van der Waals surface area contributed by atoms with E-state index in [9.17, 15) is 9.59 Å². The molecule has 1 amide bonds. The molecular formula is C19H20ClNO4. The van der Waals surface area contributed by atoms with Gasteiger partial charge >= 0.3 is 5.97 Å². The van der Waals surface area contributed by atoms with E-state index in [0.29, 0.717) is 5.02 Å². The second-order valence-corrected chi connectivity index (χ2v) is 6.05. The summed E-state index contributed by atoms with van der Waals surface area (Å²) in [5.41, 5.74) is 1.00. The zero-order valence-corrected chi connectivity index (χ0v) is 15.1. The van der Waals surface area contributed by atoms with Crippen LogP contribution in [0.5, 0.6) is 5.75 Å². The van der Waals surface area contributed by atoms with Crippen molar-refractivity contribution < 1.29 is 19.1 Å². The first-order chi connectivity index (χ1) is 11.9. The fourth-order valence-corrected chi connectivity index (χ4v) is 2.58. The molecule has 0 saturated carbocycles. The second-order valence-electron chi connectivity index (χ2n) is 5.61. The van der Waals surface area contributed by atoms with E-state index in [1.54, 1.807) is 11.0 Å². The lowest BCUT2D eigenvalue weighted by Gasteiger charge is -2.27.